The maximum Gasteiger partial charge on any atom is 0.226 e. The van der Waals surface area contributed by atoms with Gasteiger partial charge in [0.25, 0.3) is 0 Å². The molecule has 2 aliphatic heterocycles. The summed E-state index contributed by atoms with van der Waals surface area (Å²) in [5, 5.41) is 19.7. The summed E-state index contributed by atoms with van der Waals surface area (Å²) in [7, 11) is 0. The Morgan fingerprint density at radius 1 is 1.16 bits per heavy atom. The summed E-state index contributed by atoms with van der Waals surface area (Å²) in [6.45, 7) is 7.23. The number of likely N-dealkylation sites (tertiary alicyclic amines) is 1. The smallest absolute Gasteiger partial charge is 0.226 e. The zero-order valence-corrected chi connectivity index (χ0v) is 21.5. The van der Waals surface area contributed by atoms with Crippen LogP contribution in [0.3, 0.4) is 0 Å². The van der Waals surface area contributed by atoms with Crippen LogP contribution in [-0.4, -0.2) is 97.0 Å². The summed E-state index contributed by atoms with van der Waals surface area (Å²) in [5.74, 6) is 7.78. The van der Waals surface area contributed by atoms with Crippen molar-refractivity contribution in [1.82, 2.24) is 14.9 Å². The zero-order valence-electron chi connectivity index (χ0n) is 21.5. The normalized spacial score (nSPS) is 17.9. The Hall–Kier alpha value is -3.28. The highest BCUT2D eigenvalue weighted by molar-refractivity contribution is 6.29. The molecule has 2 aromatic rings. The standard InChI is InChI=1S/C26H39N9O2/c27-33-23(18-28-9-4-14-36)19-29-26-31-24(17-25(32-26)35-12-15-37-16-13-35)30-22-7-10-34(11-8-22)20-21-5-2-1-3-6-21/h1-3,5-6,17-18,22,36H,4,7-16,19-20,27H2,(H2,29,30,31,32)/p+1/b28-18?,33-23+. The summed E-state index contributed by atoms with van der Waals surface area (Å²) >= 11 is 0. The van der Waals surface area contributed by atoms with Crippen LogP contribution < -0.4 is 26.4 Å². The number of nitrogens with two attached hydrogens (primary N) is 1. The van der Waals surface area contributed by atoms with Gasteiger partial charge in [-0.15, -0.1) is 0 Å². The lowest BCUT2D eigenvalue weighted by molar-refractivity contribution is -0.451. The molecule has 0 atom stereocenters. The van der Waals surface area contributed by atoms with Crippen LogP contribution in [0.15, 0.2) is 41.5 Å². The third kappa shape index (κ3) is 8.66. The van der Waals surface area contributed by atoms with Crippen molar-refractivity contribution in [3.63, 3.8) is 0 Å². The maximum absolute atomic E-state index is 8.93. The predicted molar refractivity (Wildman–Crippen MR) is 147 cm³/mol. The molecular formula is C26H40N9O2+. The van der Waals surface area contributed by atoms with Crippen molar-refractivity contribution in [3.05, 3.63) is 42.0 Å². The Labute approximate surface area is 218 Å². The van der Waals surface area contributed by atoms with Gasteiger partial charge in [0.05, 0.1) is 19.8 Å². The number of piperidine rings is 1. The van der Waals surface area contributed by atoms with Crippen LogP contribution in [0.1, 0.15) is 24.8 Å². The van der Waals surface area contributed by atoms with Crippen molar-refractivity contribution in [3.8, 4) is 0 Å². The van der Waals surface area contributed by atoms with Crippen molar-refractivity contribution < 1.29 is 14.8 Å². The third-order valence-corrected chi connectivity index (χ3v) is 6.58. The molecule has 0 spiro atoms. The molecular weight excluding hydrogens is 470 g/mol. The van der Waals surface area contributed by atoms with E-state index >= 15 is 0 Å². The molecule has 2 saturated heterocycles. The van der Waals surface area contributed by atoms with E-state index in [2.05, 4.69) is 60.9 Å². The first-order chi connectivity index (χ1) is 18.2. The lowest BCUT2D eigenvalue weighted by atomic mass is 10.0. The molecule has 0 radical (unpaired) electrons. The molecule has 0 amide bonds. The first-order valence-corrected chi connectivity index (χ1v) is 13.2. The summed E-state index contributed by atoms with van der Waals surface area (Å²) in [6, 6.07) is 13.0. The lowest BCUT2D eigenvalue weighted by Gasteiger charge is -2.33. The van der Waals surface area contributed by atoms with Gasteiger partial charge in [-0.25, -0.2) is 4.99 Å². The highest BCUT2D eigenvalue weighted by Gasteiger charge is 2.21. The number of aliphatic hydroxyl groups is 1. The molecule has 37 heavy (non-hydrogen) atoms. The van der Waals surface area contributed by atoms with Gasteiger partial charge in [-0.3, -0.25) is 4.90 Å². The Kier molecular flexibility index (Phi) is 10.5. The van der Waals surface area contributed by atoms with Crippen LogP contribution >= 0.6 is 0 Å². The molecule has 0 aliphatic carbocycles. The first kappa shape index (κ1) is 26.8. The first-order valence-electron chi connectivity index (χ1n) is 13.2. The van der Waals surface area contributed by atoms with Gasteiger partial charge in [-0.05, 0) is 18.4 Å². The molecule has 1 aromatic heterocycles. The van der Waals surface area contributed by atoms with E-state index in [1.807, 2.05) is 6.07 Å². The number of hydrazone groups is 1. The average molecular weight is 511 g/mol. The molecule has 2 aliphatic rings. The molecule has 0 bridgehead atoms. The number of nitrogens with one attached hydrogen (secondary N) is 3. The quantitative estimate of drug-likeness (QED) is 0.112. The molecule has 0 unspecified atom stereocenters. The number of benzene rings is 1. The highest BCUT2D eigenvalue weighted by Crippen LogP contribution is 2.22. The largest absolute Gasteiger partial charge is 0.396 e. The van der Waals surface area contributed by atoms with Gasteiger partial charge in [-0.2, -0.15) is 15.1 Å². The van der Waals surface area contributed by atoms with Crippen LogP contribution in [0.5, 0.6) is 0 Å². The number of aromatic nitrogens is 2. The van der Waals surface area contributed by atoms with Crippen LogP contribution in [0.2, 0.25) is 0 Å². The van der Waals surface area contributed by atoms with Gasteiger partial charge >= 0.3 is 0 Å². The number of anilines is 3. The van der Waals surface area contributed by atoms with E-state index in [0.717, 1.165) is 57.2 Å². The van der Waals surface area contributed by atoms with E-state index in [9.17, 15) is 0 Å². The van der Waals surface area contributed by atoms with E-state index in [4.69, 9.17) is 25.7 Å². The molecule has 1 aromatic carbocycles. The van der Waals surface area contributed by atoms with Gasteiger partial charge in [0, 0.05) is 57.9 Å². The number of hydrogen-bond acceptors (Lipinski definition) is 10. The minimum absolute atomic E-state index is 0.137. The fraction of sp³-hybridized carbons (Fsp3) is 0.538. The predicted octanol–water partition coefficient (Wildman–Crippen LogP) is -0.350. The van der Waals surface area contributed by atoms with Crippen molar-refractivity contribution in [2.75, 3.05) is 74.6 Å². The van der Waals surface area contributed by atoms with Crippen molar-refractivity contribution in [2.45, 2.75) is 31.8 Å². The summed E-state index contributed by atoms with van der Waals surface area (Å²) in [6.07, 6.45) is 4.53. The number of rotatable bonds is 12. The van der Waals surface area contributed by atoms with E-state index in [-0.39, 0.29) is 6.61 Å². The Balaban J connectivity index is 1.38. The van der Waals surface area contributed by atoms with E-state index in [1.165, 1.54) is 5.56 Å². The number of ether oxygens (including phenoxy) is 1. The zero-order chi connectivity index (χ0) is 25.7. The topological polar surface area (TPSA) is 138 Å². The van der Waals surface area contributed by atoms with Gasteiger partial charge in [-0.1, -0.05) is 30.3 Å². The molecule has 200 valence electrons. The Bertz CT molecular complexity index is 1000. The van der Waals surface area contributed by atoms with Gasteiger partial charge in [0.2, 0.25) is 5.95 Å². The van der Waals surface area contributed by atoms with Gasteiger partial charge in [0.15, 0.2) is 6.21 Å². The van der Waals surface area contributed by atoms with Crippen molar-refractivity contribution in [2.24, 2.45) is 10.9 Å². The monoisotopic (exact) mass is 510 g/mol. The van der Waals surface area contributed by atoms with Crippen LogP contribution in [0.4, 0.5) is 17.6 Å². The number of nitrogens with zero attached hydrogens (tertiary/aromatic N) is 5. The lowest BCUT2D eigenvalue weighted by Crippen LogP contribution is -2.70. The fourth-order valence-corrected chi connectivity index (χ4v) is 4.50. The van der Waals surface area contributed by atoms with E-state index < -0.39 is 0 Å². The van der Waals surface area contributed by atoms with Crippen LogP contribution in [0.25, 0.3) is 0 Å². The number of hydrogen-bond donors (Lipinski definition) is 5. The van der Waals surface area contributed by atoms with Crippen molar-refractivity contribution >= 4 is 29.5 Å². The SMILES string of the molecule is N/N=C(\C=[NH+]CCCO)CNc1nc(NC2CCN(Cc3ccccc3)CC2)cc(N2CCOCC2)n1. The van der Waals surface area contributed by atoms with Gasteiger partial charge < -0.3 is 31.2 Å². The Morgan fingerprint density at radius 3 is 2.68 bits per heavy atom. The second-order valence-corrected chi connectivity index (χ2v) is 9.36. The second-order valence-electron chi connectivity index (χ2n) is 9.36. The van der Waals surface area contributed by atoms with E-state index in [1.54, 1.807) is 6.21 Å². The second kappa shape index (κ2) is 14.5. The third-order valence-electron chi connectivity index (χ3n) is 6.58. The highest BCUT2D eigenvalue weighted by atomic mass is 16.5. The molecule has 11 nitrogen and oxygen atoms in total. The minimum atomic E-state index is 0.137. The van der Waals surface area contributed by atoms with Crippen molar-refractivity contribution in [1.29, 1.82) is 0 Å². The average Bonchev–Trinajstić information content (AvgIpc) is 2.95. The van der Waals surface area contributed by atoms with E-state index in [0.29, 0.717) is 50.4 Å². The summed E-state index contributed by atoms with van der Waals surface area (Å²) in [5.41, 5.74) is 2.00. The Morgan fingerprint density at radius 2 is 1.95 bits per heavy atom. The molecule has 3 heterocycles. The molecule has 6 N–H and O–H groups in total. The van der Waals surface area contributed by atoms with Gasteiger partial charge in [0.1, 0.15) is 23.9 Å². The maximum atomic E-state index is 8.93. The molecule has 4 rings (SSSR count). The minimum Gasteiger partial charge on any atom is -0.396 e. The summed E-state index contributed by atoms with van der Waals surface area (Å²) in [4.78, 5) is 17.4. The number of aliphatic hydroxyl groups excluding tert-OH is 1. The summed E-state index contributed by atoms with van der Waals surface area (Å²) < 4.78 is 5.53. The van der Waals surface area contributed by atoms with Crippen LogP contribution in [-0.2, 0) is 11.3 Å². The number of morpholine rings is 1. The fourth-order valence-electron chi connectivity index (χ4n) is 4.50. The molecule has 0 saturated carbocycles. The molecule has 11 heteroatoms. The molecule has 2 fully saturated rings. The van der Waals surface area contributed by atoms with Crippen LogP contribution in [0, 0.1) is 0 Å².